The predicted molar refractivity (Wildman–Crippen MR) is 79.3 cm³/mol. The molecule has 0 aliphatic carbocycles. The molecule has 18 heavy (non-hydrogen) atoms. The first-order valence-corrected chi connectivity index (χ1v) is 7.06. The first kappa shape index (κ1) is 13.7. The molecule has 3 nitrogen and oxygen atoms in total. The molecule has 1 aromatic carbocycles. The topological polar surface area (TPSA) is 26.9 Å². The maximum Gasteiger partial charge on any atom is 0.328 e. The molecule has 0 saturated carbocycles. The van der Waals surface area contributed by atoms with Crippen LogP contribution in [0.1, 0.15) is 24.8 Å². The Morgan fingerprint density at radius 2 is 1.67 bits per heavy atom. The van der Waals surface area contributed by atoms with E-state index in [1.165, 1.54) is 0 Å². The van der Waals surface area contributed by atoms with Gasteiger partial charge >= 0.3 is 5.69 Å². The van der Waals surface area contributed by atoms with E-state index in [-0.39, 0.29) is 11.1 Å². The van der Waals surface area contributed by atoms with Gasteiger partial charge in [0.15, 0.2) is 0 Å². The van der Waals surface area contributed by atoms with Gasteiger partial charge in [-0.3, -0.25) is 9.13 Å². The second kappa shape index (κ2) is 4.74. The van der Waals surface area contributed by atoms with Crippen molar-refractivity contribution < 1.29 is 0 Å². The van der Waals surface area contributed by atoms with Crippen LogP contribution < -0.4 is 5.69 Å². The molecule has 0 aliphatic rings. The zero-order valence-electron chi connectivity index (χ0n) is 10.9. The van der Waals surface area contributed by atoms with Gasteiger partial charge in [0, 0.05) is 18.6 Å². The number of nitrogens with zero attached hydrogens (tertiary/aromatic N) is 2. The molecule has 1 unspecified atom stereocenters. The van der Waals surface area contributed by atoms with Gasteiger partial charge < -0.3 is 0 Å². The van der Waals surface area contributed by atoms with Crippen LogP contribution >= 0.6 is 27.5 Å². The van der Waals surface area contributed by atoms with Gasteiger partial charge in [-0.1, -0.05) is 29.8 Å². The Labute approximate surface area is 119 Å². The Morgan fingerprint density at radius 1 is 1.17 bits per heavy atom. The number of hydrogen-bond acceptors (Lipinski definition) is 1. The average molecular weight is 332 g/mol. The summed E-state index contributed by atoms with van der Waals surface area (Å²) in [4.78, 5) is 11.9. The van der Waals surface area contributed by atoms with Gasteiger partial charge in [0.2, 0.25) is 0 Å². The summed E-state index contributed by atoms with van der Waals surface area (Å²) in [5, 5.41) is -0.0703. The average Bonchev–Trinajstić information content (AvgIpc) is 2.53. The Kier molecular flexibility index (Phi) is 3.60. The molecular weight excluding hydrogens is 316 g/mol. The highest BCUT2D eigenvalue weighted by molar-refractivity contribution is 9.10. The summed E-state index contributed by atoms with van der Waals surface area (Å²) in [6, 6.07) is 3.96. The van der Waals surface area contributed by atoms with Crippen LogP contribution in [0.4, 0.5) is 0 Å². The molecule has 5 heteroatoms. The standard InChI is InChI=1S/C13H16BrClN2O/c1-7(2)12(15)8-5-10-11(6-9(8)14)17(4)13(18)16(10)3/h5-7,12H,1-4H3. The lowest BCUT2D eigenvalue weighted by Gasteiger charge is -2.16. The lowest BCUT2D eigenvalue weighted by Crippen LogP contribution is -2.19. The first-order chi connectivity index (χ1) is 8.34. The number of halogens is 2. The highest BCUT2D eigenvalue weighted by Crippen LogP contribution is 2.35. The quantitative estimate of drug-likeness (QED) is 0.773. The zero-order valence-corrected chi connectivity index (χ0v) is 13.2. The van der Waals surface area contributed by atoms with E-state index >= 15 is 0 Å². The Bertz CT molecular complexity index is 657. The second-order valence-corrected chi connectivity index (χ2v) is 6.23. The summed E-state index contributed by atoms with van der Waals surface area (Å²) < 4.78 is 4.24. The van der Waals surface area contributed by atoms with Gasteiger partial charge in [-0.2, -0.15) is 0 Å². The van der Waals surface area contributed by atoms with Gasteiger partial charge in [0.05, 0.1) is 16.4 Å². The van der Waals surface area contributed by atoms with Crippen LogP contribution in [0.5, 0.6) is 0 Å². The summed E-state index contributed by atoms with van der Waals surface area (Å²) in [7, 11) is 3.55. The third-order valence-electron chi connectivity index (χ3n) is 3.27. The van der Waals surface area contributed by atoms with E-state index in [1.807, 2.05) is 12.1 Å². The maximum atomic E-state index is 11.9. The van der Waals surface area contributed by atoms with Gasteiger partial charge in [0.25, 0.3) is 0 Å². The third-order valence-corrected chi connectivity index (χ3v) is 4.70. The minimum Gasteiger partial charge on any atom is -0.295 e. The van der Waals surface area contributed by atoms with Crippen molar-refractivity contribution in [3.63, 3.8) is 0 Å². The molecule has 0 N–H and O–H groups in total. The summed E-state index contributed by atoms with van der Waals surface area (Å²) in [6.07, 6.45) is 0. The van der Waals surface area contributed by atoms with Crippen molar-refractivity contribution in [2.75, 3.05) is 0 Å². The third kappa shape index (κ3) is 2.01. The van der Waals surface area contributed by atoms with Crippen LogP contribution in [-0.4, -0.2) is 9.13 Å². The van der Waals surface area contributed by atoms with Gasteiger partial charge in [-0.25, -0.2) is 4.79 Å². The molecule has 0 amide bonds. The number of benzene rings is 1. The molecule has 1 atom stereocenters. The van der Waals surface area contributed by atoms with Crippen molar-refractivity contribution in [2.45, 2.75) is 19.2 Å². The van der Waals surface area contributed by atoms with E-state index in [0.717, 1.165) is 21.1 Å². The van der Waals surface area contributed by atoms with Crippen molar-refractivity contribution in [2.24, 2.45) is 20.0 Å². The van der Waals surface area contributed by atoms with Crippen molar-refractivity contribution in [1.29, 1.82) is 0 Å². The fourth-order valence-corrected chi connectivity index (χ4v) is 3.00. The van der Waals surface area contributed by atoms with Crippen molar-refractivity contribution in [3.8, 4) is 0 Å². The van der Waals surface area contributed by atoms with Gasteiger partial charge in [-0.05, 0) is 23.6 Å². The molecule has 98 valence electrons. The molecule has 1 heterocycles. The molecule has 0 spiro atoms. The Morgan fingerprint density at radius 3 is 2.17 bits per heavy atom. The smallest absolute Gasteiger partial charge is 0.295 e. The number of aryl methyl sites for hydroxylation is 2. The molecule has 2 rings (SSSR count). The van der Waals surface area contributed by atoms with E-state index in [2.05, 4.69) is 29.8 Å². The summed E-state index contributed by atoms with van der Waals surface area (Å²) in [6.45, 7) is 4.16. The van der Waals surface area contributed by atoms with Gasteiger partial charge in [-0.15, -0.1) is 11.6 Å². The fourth-order valence-electron chi connectivity index (χ4n) is 2.11. The normalized spacial score (nSPS) is 13.5. The molecule has 0 bridgehead atoms. The summed E-state index contributed by atoms with van der Waals surface area (Å²) in [5.41, 5.74) is 2.82. The molecule has 1 aromatic heterocycles. The Hall–Kier alpha value is -0.740. The lowest BCUT2D eigenvalue weighted by molar-refractivity contribution is 0.623. The van der Waals surface area contributed by atoms with Crippen LogP contribution in [-0.2, 0) is 14.1 Å². The minimum absolute atomic E-state index is 0.0234. The molecule has 0 radical (unpaired) electrons. The van der Waals surface area contributed by atoms with Crippen molar-refractivity contribution in [3.05, 3.63) is 32.7 Å². The lowest BCUT2D eigenvalue weighted by atomic mass is 10.0. The van der Waals surface area contributed by atoms with Crippen LogP contribution in [0.2, 0.25) is 0 Å². The van der Waals surface area contributed by atoms with E-state index in [1.54, 1.807) is 23.2 Å². The number of alkyl halides is 1. The molecule has 0 aliphatic heterocycles. The molecular formula is C13H16BrClN2O. The van der Waals surface area contributed by atoms with E-state index < -0.39 is 0 Å². The fraction of sp³-hybridized carbons (Fsp3) is 0.462. The predicted octanol–water partition coefficient (Wildman–Crippen LogP) is 3.58. The Balaban J connectivity index is 2.77. The summed E-state index contributed by atoms with van der Waals surface area (Å²) >= 11 is 9.97. The number of aromatic nitrogens is 2. The SMILES string of the molecule is CC(C)C(Cl)c1cc2c(cc1Br)n(C)c(=O)n2C. The van der Waals surface area contributed by atoms with Crippen LogP contribution in [0.15, 0.2) is 21.4 Å². The maximum absolute atomic E-state index is 11.9. The zero-order chi connectivity index (χ0) is 13.6. The number of imidazole rings is 1. The van der Waals surface area contributed by atoms with E-state index in [4.69, 9.17) is 11.6 Å². The largest absolute Gasteiger partial charge is 0.328 e. The first-order valence-electron chi connectivity index (χ1n) is 5.83. The second-order valence-electron chi connectivity index (χ2n) is 4.91. The molecule has 0 saturated heterocycles. The number of fused-ring (bicyclic) bond motifs is 1. The van der Waals surface area contributed by atoms with E-state index in [0.29, 0.717) is 5.92 Å². The monoisotopic (exact) mass is 330 g/mol. The number of rotatable bonds is 2. The highest BCUT2D eigenvalue weighted by Gasteiger charge is 2.18. The highest BCUT2D eigenvalue weighted by atomic mass is 79.9. The molecule has 0 fully saturated rings. The van der Waals surface area contributed by atoms with Crippen LogP contribution in [0, 0.1) is 5.92 Å². The van der Waals surface area contributed by atoms with Crippen molar-refractivity contribution >= 4 is 38.6 Å². The van der Waals surface area contributed by atoms with Crippen LogP contribution in [0.25, 0.3) is 11.0 Å². The van der Waals surface area contributed by atoms with Gasteiger partial charge in [0.1, 0.15) is 0 Å². The molecule has 2 aromatic rings. The summed E-state index contributed by atoms with van der Waals surface area (Å²) in [5.74, 6) is 0.334. The minimum atomic E-state index is -0.0703. The van der Waals surface area contributed by atoms with Crippen LogP contribution in [0.3, 0.4) is 0 Å². The van der Waals surface area contributed by atoms with E-state index in [9.17, 15) is 4.79 Å². The van der Waals surface area contributed by atoms with Crippen molar-refractivity contribution in [1.82, 2.24) is 9.13 Å². The number of hydrogen-bond donors (Lipinski definition) is 0.